The summed E-state index contributed by atoms with van der Waals surface area (Å²) in [6.07, 6.45) is 3.50. The summed E-state index contributed by atoms with van der Waals surface area (Å²) in [6, 6.07) is 15.4. The predicted octanol–water partition coefficient (Wildman–Crippen LogP) is 5.20. The molecule has 0 aliphatic heterocycles. The van der Waals surface area contributed by atoms with E-state index in [4.69, 9.17) is 11.6 Å². The van der Waals surface area contributed by atoms with Gasteiger partial charge in [0.2, 0.25) is 0 Å². The second kappa shape index (κ2) is 7.60. The van der Waals surface area contributed by atoms with Gasteiger partial charge in [0.05, 0.1) is 0 Å². The molecule has 0 radical (unpaired) electrons. The van der Waals surface area contributed by atoms with Crippen LogP contribution in [-0.2, 0) is 12.8 Å². The van der Waals surface area contributed by atoms with Gasteiger partial charge in [-0.3, -0.25) is 10.1 Å². The molecule has 0 aliphatic carbocycles. The summed E-state index contributed by atoms with van der Waals surface area (Å²) in [6.45, 7) is 2.09. The highest BCUT2D eigenvalue weighted by molar-refractivity contribution is 7.15. The zero-order valence-corrected chi connectivity index (χ0v) is 14.8. The molecule has 0 bridgehead atoms. The fraction of sp³-hybridized carbons (Fsp3) is 0.158. The van der Waals surface area contributed by atoms with Crippen molar-refractivity contribution in [2.75, 3.05) is 5.32 Å². The van der Waals surface area contributed by atoms with E-state index in [0.717, 1.165) is 28.3 Å². The van der Waals surface area contributed by atoms with Crippen LogP contribution < -0.4 is 5.32 Å². The lowest BCUT2D eigenvalue weighted by atomic mass is 10.1. The molecule has 0 spiro atoms. The topological polar surface area (TPSA) is 42.0 Å². The normalized spacial score (nSPS) is 10.6. The van der Waals surface area contributed by atoms with E-state index in [-0.39, 0.29) is 5.91 Å². The van der Waals surface area contributed by atoms with Gasteiger partial charge < -0.3 is 0 Å². The third-order valence-corrected chi connectivity index (χ3v) is 4.81. The number of nitrogens with one attached hydrogen (secondary N) is 1. The van der Waals surface area contributed by atoms with Crippen LogP contribution in [0.3, 0.4) is 0 Å². The quantitative estimate of drug-likeness (QED) is 0.682. The lowest BCUT2D eigenvalue weighted by molar-refractivity contribution is 0.102. The van der Waals surface area contributed by atoms with Crippen molar-refractivity contribution in [3.63, 3.8) is 0 Å². The molecule has 0 saturated carbocycles. The maximum absolute atomic E-state index is 12.3. The average molecular weight is 357 g/mol. The first kappa shape index (κ1) is 16.7. The van der Waals surface area contributed by atoms with Crippen molar-refractivity contribution >= 4 is 34.0 Å². The molecule has 3 aromatic rings. The number of aromatic nitrogens is 1. The summed E-state index contributed by atoms with van der Waals surface area (Å²) in [4.78, 5) is 17.6. The number of aryl methyl sites for hydroxylation is 1. The summed E-state index contributed by atoms with van der Waals surface area (Å²) in [5.41, 5.74) is 2.97. The zero-order valence-electron chi connectivity index (χ0n) is 13.3. The number of hydrogen-bond donors (Lipinski definition) is 1. The predicted molar refractivity (Wildman–Crippen MR) is 100 cm³/mol. The molecule has 1 heterocycles. The van der Waals surface area contributed by atoms with Gasteiger partial charge in [-0.2, -0.15) is 0 Å². The molecule has 0 aliphatic rings. The molecule has 0 fully saturated rings. The molecular weight excluding hydrogens is 340 g/mol. The standard InChI is InChI=1S/C19H17ClN2OS/c1-2-13-6-8-15(9-7-13)18(23)22-19-21-12-17(24-19)11-14-4-3-5-16(20)10-14/h3-10,12H,2,11H2,1H3,(H,21,22,23). The summed E-state index contributed by atoms with van der Waals surface area (Å²) < 4.78 is 0. The van der Waals surface area contributed by atoms with Crippen LogP contribution in [0.4, 0.5) is 5.13 Å². The SMILES string of the molecule is CCc1ccc(C(=O)Nc2ncc(Cc3cccc(Cl)c3)s2)cc1. The van der Waals surface area contributed by atoms with Crippen LogP contribution in [0.1, 0.15) is 33.3 Å². The third kappa shape index (κ3) is 4.22. The van der Waals surface area contributed by atoms with Crippen LogP contribution >= 0.6 is 22.9 Å². The van der Waals surface area contributed by atoms with E-state index in [0.29, 0.717) is 10.7 Å². The number of anilines is 1. The molecule has 0 saturated heterocycles. The Balaban J connectivity index is 1.65. The maximum Gasteiger partial charge on any atom is 0.257 e. The minimum absolute atomic E-state index is 0.138. The van der Waals surface area contributed by atoms with Crippen LogP contribution in [-0.4, -0.2) is 10.9 Å². The van der Waals surface area contributed by atoms with Gasteiger partial charge in [-0.1, -0.05) is 42.8 Å². The van der Waals surface area contributed by atoms with Crippen molar-refractivity contribution in [3.05, 3.63) is 81.3 Å². The van der Waals surface area contributed by atoms with E-state index in [2.05, 4.69) is 17.2 Å². The number of thiazole rings is 1. The molecule has 0 unspecified atom stereocenters. The molecule has 0 atom stereocenters. The second-order valence-corrected chi connectivity index (χ2v) is 6.99. The largest absolute Gasteiger partial charge is 0.298 e. The Morgan fingerprint density at radius 2 is 1.96 bits per heavy atom. The lowest BCUT2D eigenvalue weighted by Crippen LogP contribution is -2.11. The van der Waals surface area contributed by atoms with Crippen LogP contribution in [0.5, 0.6) is 0 Å². The van der Waals surface area contributed by atoms with Gasteiger partial charge >= 0.3 is 0 Å². The highest BCUT2D eigenvalue weighted by Crippen LogP contribution is 2.23. The zero-order chi connectivity index (χ0) is 16.9. The van der Waals surface area contributed by atoms with Gasteiger partial charge in [0.25, 0.3) is 5.91 Å². The summed E-state index contributed by atoms with van der Waals surface area (Å²) >= 11 is 7.48. The average Bonchev–Trinajstić information content (AvgIpc) is 3.02. The molecule has 24 heavy (non-hydrogen) atoms. The molecule has 1 N–H and O–H groups in total. The monoisotopic (exact) mass is 356 g/mol. The van der Waals surface area contributed by atoms with Crippen LogP contribution in [0.15, 0.2) is 54.7 Å². The molecule has 3 nitrogen and oxygen atoms in total. The number of rotatable bonds is 5. The fourth-order valence-corrected chi connectivity index (χ4v) is 3.41. The highest BCUT2D eigenvalue weighted by atomic mass is 35.5. The molecule has 2 aromatic carbocycles. The highest BCUT2D eigenvalue weighted by Gasteiger charge is 2.09. The van der Waals surface area contributed by atoms with Gasteiger partial charge in [-0.25, -0.2) is 4.98 Å². The van der Waals surface area contributed by atoms with Crippen LogP contribution in [0, 0.1) is 0 Å². The van der Waals surface area contributed by atoms with Crippen LogP contribution in [0.25, 0.3) is 0 Å². The Labute approximate surface area is 150 Å². The fourth-order valence-electron chi connectivity index (χ4n) is 2.36. The van der Waals surface area contributed by atoms with Gasteiger partial charge in [-0.05, 0) is 41.8 Å². The van der Waals surface area contributed by atoms with Gasteiger partial charge in [-0.15, -0.1) is 11.3 Å². The first-order chi connectivity index (χ1) is 11.6. The Kier molecular flexibility index (Phi) is 5.28. The smallest absolute Gasteiger partial charge is 0.257 e. The summed E-state index contributed by atoms with van der Waals surface area (Å²) in [7, 11) is 0. The van der Waals surface area contributed by atoms with E-state index < -0.39 is 0 Å². The van der Waals surface area contributed by atoms with Gasteiger partial charge in [0.15, 0.2) is 5.13 Å². The van der Waals surface area contributed by atoms with E-state index in [9.17, 15) is 4.79 Å². The van der Waals surface area contributed by atoms with E-state index in [1.54, 1.807) is 6.20 Å². The minimum atomic E-state index is -0.138. The number of carbonyl (C=O) groups excluding carboxylic acids is 1. The van der Waals surface area contributed by atoms with Crippen molar-refractivity contribution < 1.29 is 4.79 Å². The molecular formula is C19H17ClN2OS. The van der Waals surface area contributed by atoms with Crippen molar-refractivity contribution in [1.29, 1.82) is 0 Å². The Bertz CT molecular complexity index is 843. The number of amides is 1. The van der Waals surface area contributed by atoms with Crippen molar-refractivity contribution in [3.8, 4) is 0 Å². The van der Waals surface area contributed by atoms with Crippen molar-refractivity contribution in [1.82, 2.24) is 4.98 Å². The van der Waals surface area contributed by atoms with Crippen molar-refractivity contribution in [2.45, 2.75) is 19.8 Å². The molecule has 1 aromatic heterocycles. The van der Waals surface area contributed by atoms with Crippen LogP contribution in [0.2, 0.25) is 5.02 Å². The number of halogens is 1. The molecule has 5 heteroatoms. The maximum atomic E-state index is 12.3. The summed E-state index contributed by atoms with van der Waals surface area (Å²) in [5.74, 6) is -0.138. The van der Waals surface area contributed by atoms with E-state index in [1.807, 2.05) is 48.5 Å². The first-order valence-corrected chi connectivity index (χ1v) is 8.93. The Morgan fingerprint density at radius 1 is 1.17 bits per heavy atom. The summed E-state index contributed by atoms with van der Waals surface area (Å²) in [5, 5.41) is 4.19. The number of benzene rings is 2. The van der Waals surface area contributed by atoms with E-state index in [1.165, 1.54) is 16.9 Å². The first-order valence-electron chi connectivity index (χ1n) is 7.73. The minimum Gasteiger partial charge on any atom is -0.298 e. The number of nitrogens with zero attached hydrogens (tertiary/aromatic N) is 1. The molecule has 122 valence electrons. The van der Waals surface area contributed by atoms with Gasteiger partial charge in [0, 0.05) is 28.1 Å². The van der Waals surface area contributed by atoms with Gasteiger partial charge in [0.1, 0.15) is 0 Å². The Hall–Kier alpha value is -2.17. The van der Waals surface area contributed by atoms with Crippen molar-refractivity contribution in [2.24, 2.45) is 0 Å². The molecule has 1 amide bonds. The second-order valence-electron chi connectivity index (χ2n) is 5.44. The molecule has 3 rings (SSSR count). The number of carbonyl (C=O) groups is 1. The third-order valence-electron chi connectivity index (χ3n) is 3.67. The Morgan fingerprint density at radius 3 is 2.67 bits per heavy atom. The van der Waals surface area contributed by atoms with E-state index >= 15 is 0 Å². The number of hydrogen-bond acceptors (Lipinski definition) is 3. The lowest BCUT2D eigenvalue weighted by Gasteiger charge is -2.03.